The zero-order valence-corrected chi connectivity index (χ0v) is 12.4. The van der Waals surface area contributed by atoms with Gasteiger partial charge < -0.3 is 5.11 Å². The second-order valence-corrected chi connectivity index (χ2v) is 6.49. The molecule has 0 spiro atoms. The summed E-state index contributed by atoms with van der Waals surface area (Å²) in [5.41, 5.74) is 2.95. The molecule has 0 amide bonds. The Bertz CT molecular complexity index is 707. The molecule has 19 heavy (non-hydrogen) atoms. The number of carboxylic acid groups (broad SMARTS) is 1. The molecule has 4 heteroatoms. The maximum absolute atomic E-state index is 11.7. The number of aromatic nitrogens is 1. The standard InChI is InChI=1S/C15H14BrNO2/c1-15(2)7-6-9-11(14(18)19)8-4-3-5-10(16)12(8)17-13(9)15/h3-5H,6-7H2,1-2H3,(H,18,19). The third-order valence-corrected chi connectivity index (χ3v) is 4.56. The van der Waals surface area contributed by atoms with Crippen LogP contribution >= 0.6 is 15.9 Å². The molecule has 0 bridgehead atoms. The number of carboxylic acids is 1. The SMILES string of the molecule is CC1(C)CCc2c1nc1c(Br)cccc1c2C(=O)O. The van der Waals surface area contributed by atoms with Crippen molar-refractivity contribution in [1.29, 1.82) is 0 Å². The van der Waals surface area contributed by atoms with Crippen molar-refractivity contribution in [3.8, 4) is 0 Å². The number of pyridine rings is 1. The zero-order chi connectivity index (χ0) is 13.8. The van der Waals surface area contributed by atoms with Gasteiger partial charge in [0, 0.05) is 15.3 Å². The summed E-state index contributed by atoms with van der Waals surface area (Å²) < 4.78 is 0.845. The molecular formula is C15H14BrNO2. The van der Waals surface area contributed by atoms with Crippen LogP contribution in [0.3, 0.4) is 0 Å². The molecule has 0 unspecified atom stereocenters. The van der Waals surface area contributed by atoms with Crippen LogP contribution in [0.2, 0.25) is 0 Å². The largest absolute Gasteiger partial charge is 0.478 e. The number of benzene rings is 1. The number of fused-ring (bicyclic) bond motifs is 2. The van der Waals surface area contributed by atoms with Crippen molar-refractivity contribution >= 4 is 32.8 Å². The summed E-state index contributed by atoms with van der Waals surface area (Å²) in [6.07, 6.45) is 1.74. The van der Waals surface area contributed by atoms with E-state index >= 15 is 0 Å². The van der Waals surface area contributed by atoms with Crippen LogP contribution in [0.15, 0.2) is 22.7 Å². The van der Waals surface area contributed by atoms with Crippen LogP contribution < -0.4 is 0 Å². The minimum atomic E-state index is -0.862. The molecule has 1 aromatic heterocycles. The predicted molar refractivity (Wildman–Crippen MR) is 77.7 cm³/mol. The van der Waals surface area contributed by atoms with Gasteiger partial charge in [-0.25, -0.2) is 4.79 Å². The highest BCUT2D eigenvalue weighted by Gasteiger charge is 2.35. The van der Waals surface area contributed by atoms with Crippen molar-refractivity contribution in [3.63, 3.8) is 0 Å². The fourth-order valence-electron chi connectivity index (χ4n) is 2.89. The molecule has 1 aliphatic carbocycles. The highest BCUT2D eigenvalue weighted by molar-refractivity contribution is 9.10. The number of hydrogen-bond donors (Lipinski definition) is 1. The number of halogens is 1. The molecular weight excluding hydrogens is 306 g/mol. The second-order valence-electron chi connectivity index (χ2n) is 5.64. The van der Waals surface area contributed by atoms with E-state index in [2.05, 4.69) is 29.8 Å². The van der Waals surface area contributed by atoms with Gasteiger partial charge in [-0.2, -0.15) is 0 Å². The third kappa shape index (κ3) is 1.77. The molecule has 0 fully saturated rings. The molecule has 0 atom stereocenters. The number of nitrogens with zero attached hydrogens (tertiary/aromatic N) is 1. The maximum atomic E-state index is 11.7. The van der Waals surface area contributed by atoms with E-state index < -0.39 is 5.97 Å². The van der Waals surface area contributed by atoms with Crippen molar-refractivity contribution in [3.05, 3.63) is 39.5 Å². The summed E-state index contributed by atoms with van der Waals surface area (Å²) in [4.78, 5) is 16.4. The van der Waals surface area contributed by atoms with E-state index in [0.717, 1.165) is 39.5 Å². The Morgan fingerprint density at radius 3 is 2.84 bits per heavy atom. The van der Waals surface area contributed by atoms with Gasteiger partial charge in [-0.05, 0) is 40.4 Å². The molecule has 0 aliphatic heterocycles. The molecule has 3 rings (SSSR count). The predicted octanol–water partition coefficient (Wildman–Crippen LogP) is 3.92. The first-order valence-electron chi connectivity index (χ1n) is 6.27. The number of hydrogen-bond acceptors (Lipinski definition) is 2. The van der Waals surface area contributed by atoms with Gasteiger partial charge in [0.25, 0.3) is 0 Å². The van der Waals surface area contributed by atoms with Crippen LogP contribution in [0.1, 0.15) is 41.9 Å². The molecule has 3 nitrogen and oxygen atoms in total. The van der Waals surface area contributed by atoms with Gasteiger partial charge in [-0.15, -0.1) is 0 Å². The average molecular weight is 320 g/mol. The average Bonchev–Trinajstić information content (AvgIpc) is 2.63. The molecule has 1 aromatic carbocycles. The number of rotatable bonds is 1. The molecule has 1 aliphatic rings. The highest BCUT2D eigenvalue weighted by Crippen LogP contribution is 2.41. The smallest absolute Gasteiger partial charge is 0.336 e. The lowest BCUT2D eigenvalue weighted by atomic mass is 9.89. The Labute approximate surface area is 119 Å². The first-order chi connectivity index (χ1) is 8.92. The third-order valence-electron chi connectivity index (χ3n) is 3.92. The van der Waals surface area contributed by atoms with Gasteiger partial charge in [-0.3, -0.25) is 4.98 Å². The molecule has 0 saturated carbocycles. The van der Waals surface area contributed by atoms with E-state index in [1.807, 2.05) is 18.2 Å². The summed E-state index contributed by atoms with van der Waals surface area (Å²) in [5.74, 6) is -0.862. The Hall–Kier alpha value is -1.42. The lowest BCUT2D eigenvalue weighted by Crippen LogP contribution is -2.15. The van der Waals surface area contributed by atoms with Crippen LogP contribution in [0.5, 0.6) is 0 Å². The molecule has 0 radical (unpaired) electrons. The van der Waals surface area contributed by atoms with Gasteiger partial charge >= 0.3 is 5.97 Å². The molecule has 2 aromatic rings. The van der Waals surface area contributed by atoms with E-state index in [9.17, 15) is 9.90 Å². The Kier molecular flexibility index (Phi) is 2.68. The number of aromatic carboxylic acids is 1. The summed E-state index contributed by atoms with van der Waals surface area (Å²) in [7, 11) is 0. The summed E-state index contributed by atoms with van der Waals surface area (Å²) >= 11 is 3.47. The molecule has 1 N–H and O–H groups in total. The quantitative estimate of drug-likeness (QED) is 0.866. The van der Waals surface area contributed by atoms with Crippen LogP contribution in [0, 0.1) is 0 Å². The Morgan fingerprint density at radius 1 is 1.42 bits per heavy atom. The molecule has 1 heterocycles. The van der Waals surface area contributed by atoms with E-state index in [-0.39, 0.29) is 5.41 Å². The normalized spacial score (nSPS) is 16.6. The van der Waals surface area contributed by atoms with Crippen LogP contribution in [-0.2, 0) is 11.8 Å². The monoisotopic (exact) mass is 319 g/mol. The van der Waals surface area contributed by atoms with E-state index in [1.54, 1.807) is 0 Å². The van der Waals surface area contributed by atoms with E-state index in [4.69, 9.17) is 4.98 Å². The minimum Gasteiger partial charge on any atom is -0.478 e. The maximum Gasteiger partial charge on any atom is 0.336 e. The highest BCUT2D eigenvalue weighted by atomic mass is 79.9. The van der Waals surface area contributed by atoms with Crippen molar-refractivity contribution in [1.82, 2.24) is 4.98 Å². The molecule has 0 saturated heterocycles. The van der Waals surface area contributed by atoms with Crippen LogP contribution in [0.25, 0.3) is 10.9 Å². The van der Waals surface area contributed by atoms with Gasteiger partial charge in [0.1, 0.15) is 0 Å². The molecule has 98 valence electrons. The number of carbonyl (C=O) groups is 1. The zero-order valence-electron chi connectivity index (χ0n) is 10.8. The lowest BCUT2D eigenvalue weighted by Gasteiger charge is -2.19. The fraction of sp³-hybridized carbons (Fsp3) is 0.333. The van der Waals surface area contributed by atoms with Crippen molar-refractivity contribution in [2.75, 3.05) is 0 Å². The summed E-state index contributed by atoms with van der Waals surface area (Å²) in [5, 5.41) is 10.3. The van der Waals surface area contributed by atoms with Crippen LogP contribution in [-0.4, -0.2) is 16.1 Å². The van der Waals surface area contributed by atoms with Gasteiger partial charge in [0.05, 0.1) is 16.8 Å². The van der Waals surface area contributed by atoms with Gasteiger partial charge in [0.2, 0.25) is 0 Å². The van der Waals surface area contributed by atoms with Gasteiger partial charge in [0.15, 0.2) is 0 Å². The fourth-order valence-corrected chi connectivity index (χ4v) is 3.35. The minimum absolute atomic E-state index is 0.0526. The first-order valence-corrected chi connectivity index (χ1v) is 7.06. The number of para-hydroxylation sites is 1. The van der Waals surface area contributed by atoms with E-state index in [0.29, 0.717) is 5.56 Å². The topological polar surface area (TPSA) is 50.2 Å². The second kappa shape index (κ2) is 4.04. The van der Waals surface area contributed by atoms with Gasteiger partial charge in [-0.1, -0.05) is 26.0 Å². The van der Waals surface area contributed by atoms with Crippen LogP contribution in [0.4, 0.5) is 0 Å². The van der Waals surface area contributed by atoms with Crippen molar-refractivity contribution in [2.24, 2.45) is 0 Å². The first kappa shape index (κ1) is 12.6. The summed E-state index contributed by atoms with van der Waals surface area (Å²) in [6, 6.07) is 5.59. The Balaban J connectivity index is 2.49. The lowest BCUT2D eigenvalue weighted by molar-refractivity contribution is 0.0698. The van der Waals surface area contributed by atoms with E-state index in [1.165, 1.54) is 0 Å². The Morgan fingerprint density at radius 2 is 2.16 bits per heavy atom. The van der Waals surface area contributed by atoms with Crippen molar-refractivity contribution in [2.45, 2.75) is 32.1 Å². The summed E-state index contributed by atoms with van der Waals surface area (Å²) in [6.45, 7) is 4.25. The van der Waals surface area contributed by atoms with Crippen molar-refractivity contribution < 1.29 is 9.90 Å².